The first-order valence-corrected chi connectivity index (χ1v) is 7.33. The van der Waals surface area contributed by atoms with Crippen molar-refractivity contribution >= 4 is 28.1 Å². The van der Waals surface area contributed by atoms with E-state index in [1.807, 2.05) is 37.2 Å². The molecule has 0 aliphatic rings. The highest BCUT2D eigenvalue weighted by Crippen LogP contribution is 2.19. The average Bonchev–Trinajstić information content (AvgIpc) is 2.86. The van der Waals surface area contributed by atoms with Gasteiger partial charge in [-0.2, -0.15) is 0 Å². The molecule has 1 aromatic heterocycles. The van der Waals surface area contributed by atoms with Crippen LogP contribution in [-0.4, -0.2) is 30.2 Å². The van der Waals surface area contributed by atoms with Crippen molar-refractivity contribution in [3.05, 3.63) is 34.8 Å². The molecule has 0 fully saturated rings. The Morgan fingerprint density at radius 2 is 2.15 bits per heavy atom. The Morgan fingerprint density at radius 1 is 1.35 bits per heavy atom. The molecule has 0 saturated heterocycles. The molecular formula is C14H18N4OS. The summed E-state index contributed by atoms with van der Waals surface area (Å²) in [5.41, 5.74) is 1.60. The number of hydrogen-bond donors (Lipinski definition) is 1. The number of benzene rings is 1. The molecule has 0 atom stereocenters. The summed E-state index contributed by atoms with van der Waals surface area (Å²) < 4.78 is 0. The van der Waals surface area contributed by atoms with E-state index in [1.54, 1.807) is 6.07 Å². The molecule has 20 heavy (non-hydrogen) atoms. The lowest BCUT2D eigenvalue weighted by Gasteiger charge is -2.13. The van der Waals surface area contributed by atoms with Gasteiger partial charge in [-0.05, 0) is 24.6 Å². The summed E-state index contributed by atoms with van der Waals surface area (Å²) in [4.78, 5) is 14.1. The van der Waals surface area contributed by atoms with Crippen molar-refractivity contribution in [1.82, 2.24) is 10.2 Å². The molecular weight excluding hydrogens is 272 g/mol. The van der Waals surface area contributed by atoms with Gasteiger partial charge < -0.3 is 4.90 Å². The maximum Gasteiger partial charge on any atom is 0.257 e. The van der Waals surface area contributed by atoms with Crippen molar-refractivity contribution < 1.29 is 4.79 Å². The monoisotopic (exact) mass is 290 g/mol. The quantitative estimate of drug-likeness (QED) is 0.920. The fourth-order valence-corrected chi connectivity index (χ4v) is 2.55. The highest BCUT2D eigenvalue weighted by atomic mass is 32.1. The topological polar surface area (TPSA) is 58.1 Å². The maximum absolute atomic E-state index is 12.2. The molecule has 1 amide bonds. The number of rotatable bonds is 5. The number of aryl methyl sites for hydroxylation is 1. The summed E-state index contributed by atoms with van der Waals surface area (Å²) in [5.74, 6) is -0.159. The van der Waals surface area contributed by atoms with Crippen LogP contribution in [0, 0.1) is 0 Å². The smallest absolute Gasteiger partial charge is 0.257 e. The van der Waals surface area contributed by atoms with Crippen LogP contribution in [0.3, 0.4) is 0 Å². The van der Waals surface area contributed by atoms with Gasteiger partial charge >= 0.3 is 0 Å². The molecule has 0 saturated carbocycles. The fraction of sp³-hybridized carbons (Fsp3) is 0.357. The molecule has 2 rings (SSSR count). The molecule has 0 spiro atoms. The van der Waals surface area contributed by atoms with Crippen LogP contribution in [0.5, 0.6) is 0 Å². The van der Waals surface area contributed by atoms with E-state index in [0.717, 1.165) is 23.5 Å². The number of nitrogens with zero attached hydrogens (tertiary/aromatic N) is 3. The van der Waals surface area contributed by atoms with Crippen LogP contribution < -0.4 is 10.2 Å². The van der Waals surface area contributed by atoms with Gasteiger partial charge in [-0.15, -0.1) is 10.2 Å². The second-order valence-corrected chi connectivity index (χ2v) is 5.71. The van der Waals surface area contributed by atoms with Crippen molar-refractivity contribution in [1.29, 1.82) is 0 Å². The summed E-state index contributed by atoms with van der Waals surface area (Å²) in [7, 11) is 3.89. The minimum atomic E-state index is -0.159. The number of carbonyl (C=O) groups is 1. The molecule has 0 aliphatic heterocycles. The highest BCUT2D eigenvalue weighted by Gasteiger charge is 2.10. The zero-order valence-electron chi connectivity index (χ0n) is 11.9. The van der Waals surface area contributed by atoms with Gasteiger partial charge in [0.05, 0.1) is 0 Å². The predicted octanol–water partition coefficient (Wildman–Crippen LogP) is 2.81. The summed E-state index contributed by atoms with van der Waals surface area (Å²) in [6, 6.07) is 7.47. The van der Waals surface area contributed by atoms with Crippen molar-refractivity contribution in [2.24, 2.45) is 0 Å². The van der Waals surface area contributed by atoms with E-state index in [2.05, 4.69) is 22.4 Å². The lowest BCUT2D eigenvalue weighted by Crippen LogP contribution is -2.14. The minimum Gasteiger partial charge on any atom is -0.378 e. The van der Waals surface area contributed by atoms with Crippen molar-refractivity contribution in [3.8, 4) is 0 Å². The zero-order valence-corrected chi connectivity index (χ0v) is 12.7. The van der Waals surface area contributed by atoms with E-state index < -0.39 is 0 Å². The molecule has 1 heterocycles. The number of anilines is 2. The second kappa shape index (κ2) is 6.47. The Hall–Kier alpha value is -1.95. The van der Waals surface area contributed by atoms with Crippen LogP contribution >= 0.6 is 11.3 Å². The summed E-state index contributed by atoms with van der Waals surface area (Å²) >= 11 is 1.43. The average molecular weight is 290 g/mol. The van der Waals surface area contributed by atoms with Crippen LogP contribution in [0.4, 0.5) is 10.8 Å². The van der Waals surface area contributed by atoms with Gasteiger partial charge in [0.1, 0.15) is 5.01 Å². The summed E-state index contributed by atoms with van der Waals surface area (Å²) in [6.45, 7) is 2.09. The van der Waals surface area contributed by atoms with Crippen LogP contribution in [0.25, 0.3) is 0 Å². The largest absolute Gasteiger partial charge is 0.378 e. The Labute approximate surface area is 122 Å². The molecule has 0 bridgehead atoms. The van der Waals surface area contributed by atoms with E-state index in [-0.39, 0.29) is 5.91 Å². The third-order valence-corrected chi connectivity index (χ3v) is 3.67. The molecule has 0 radical (unpaired) electrons. The van der Waals surface area contributed by atoms with E-state index in [0.29, 0.717) is 10.7 Å². The predicted molar refractivity (Wildman–Crippen MR) is 82.6 cm³/mol. The number of hydrogen-bond acceptors (Lipinski definition) is 5. The van der Waals surface area contributed by atoms with Gasteiger partial charge in [0.2, 0.25) is 5.13 Å². The zero-order chi connectivity index (χ0) is 14.5. The van der Waals surface area contributed by atoms with Gasteiger partial charge in [-0.3, -0.25) is 10.1 Å². The fourth-order valence-electron chi connectivity index (χ4n) is 1.71. The van der Waals surface area contributed by atoms with Gasteiger partial charge in [-0.1, -0.05) is 24.3 Å². The molecule has 106 valence electrons. The van der Waals surface area contributed by atoms with Gasteiger partial charge in [-0.25, -0.2) is 0 Å². The van der Waals surface area contributed by atoms with Crippen molar-refractivity contribution in [2.75, 3.05) is 24.3 Å². The van der Waals surface area contributed by atoms with E-state index in [4.69, 9.17) is 0 Å². The normalized spacial score (nSPS) is 10.3. The summed E-state index contributed by atoms with van der Waals surface area (Å²) in [5, 5.41) is 12.3. The Balaban J connectivity index is 2.09. The molecule has 1 N–H and O–H groups in total. The molecule has 6 heteroatoms. The number of aromatic nitrogens is 2. The number of nitrogens with one attached hydrogen (secondary N) is 1. The molecule has 1 aromatic carbocycles. The van der Waals surface area contributed by atoms with Crippen LogP contribution in [0.1, 0.15) is 28.7 Å². The van der Waals surface area contributed by atoms with Crippen molar-refractivity contribution in [2.45, 2.75) is 19.8 Å². The standard InChI is InChI=1S/C14H18N4OS/c1-4-6-12-16-17-14(20-12)15-13(19)10-7-5-8-11(9-10)18(2)3/h5,7-9H,4,6H2,1-3H3,(H,15,17,19). The minimum absolute atomic E-state index is 0.159. The van der Waals surface area contributed by atoms with Gasteiger partial charge in [0, 0.05) is 31.8 Å². The lowest BCUT2D eigenvalue weighted by molar-refractivity contribution is 0.102. The van der Waals surface area contributed by atoms with E-state index >= 15 is 0 Å². The Morgan fingerprint density at radius 3 is 2.85 bits per heavy atom. The third-order valence-electron chi connectivity index (χ3n) is 2.78. The lowest BCUT2D eigenvalue weighted by atomic mass is 10.2. The van der Waals surface area contributed by atoms with E-state index in [9.17, 15) is 4.79 Å². The maximum atomic E-state index is 12.2. The van der Waals surface area contributed by atoms with Crippen LogP contribution in [0.2, 0.25) is 0 Å². The van der Waals surface area contributed by atoms with Crippen molar-refractivity contribution in [3.63, 3.8) is 0 Å². The molecule has 0 unspecified atom stereocenters. The number of carbonyl (C=O) groups excluding carboxylic acids is 1. The highest BCUT2D eigenvalue weighted by molar-refractivity contribution is 7.15. The molecule has 0 aliphatic carbocycles. The van der Waals surface area contributed by atoms with Crippen LogP contribution in [0.15, 0.2) is 24.3 Å². The SMILES string of the molecule is CCCc1nnc(NC(=O)c2cccc(N(C)C)c2)s1. The first-order chi connectivity index (χ1) is 9.60. The second-order valence-electron chi connectivity index (χ2n) is 4.65. The first-order valence-electron chi connectivity index (χ1n) is 6.51. The third kappa shape index (κ3) is 3.54. The van der Waals surface area contributed by atoms with Gasteiger partial charge in [0.25, 0.3) is 5.91 Å². The molecule has 2 aromatic rings. The Bertz CT molecular complexity index is 594. The van der Waals surface area contributed by atoms with Gasteiger partial charge in [0.15, 0.2) is 0 Å². The van der Waals surface area contributed by atoms with E-state index in [1.165, 1.54) is 11.3 Å². The first kappa shape index (κ1) is 14.5. The number of amides is 1. The Kier molecular flexibility index (Phi) is 4.68. The van der Waals surface area contributed by atoms with Crippen LogP contribution in [-0.2, 0) is 6.42 Å². The summed E-state index contributed by atoms with van der Waals surface area (Å²) in [6.07, 6.45) is 1.91. The molecule has 5 nitrogen and oxygen atoms in total.